The minimum atomic E-state index is -0.358. The number of methoxy groups -OCH3 is 1. The SMILES string of the molecule is CCOc1cc(N2CCc3c(nnn3CCOC)C2)c(F)cn1. The largest absolute Gasteiger partial charge is 0.478 e. The molecule has 0 amide bonds. The first-order valence-corrected chi connectivity index (χ1v) is 7.66. The Kier molecular flexibility index (Phi) is 4.71. The van der Waals surface area contributed by atoms with E-state index in [1.54, 1.807) is 13.2 Å². The van der Waals surface area contributed by atoms with Crippen molar-refractivity contribution >= 4 is 5.69 Å². The number of rotatable bonds is 6. The van der Waals surface area contributed by atoms with Crippen LogP contribution in [0.25, 0.3) is 0 Å². The van der Waals surface area contributed by atoms with Gasteiger partial charge in [-0.05, 0) is 6.92 Å². The van der Waals surface area contributed by atoms with Gasteiger partial charge in [0.15, 0.2) is 5.82 Å². The maximum Gasteiger partial charge on any atom is 0.215 e. The van der Waals surface area contributed by atoms with Crippen LogP contribution in [0.4, 0.5) is 10.1 Å². The molecule has 0 atom stereocenters. The normalized spacial score (nSPS) is 14.0. The average molecular weight is 321 g/mol. The van der Waals surface area contributed by atoms with Crippen LogP contribution >= 0.6 is 0 Å². The summed E-state index contributed by atoms with van der Waals surface area (Å²) in [6, 6.07) is 1.64. The van der Waals surface area contributed by atoms with Crippen LogP contribution in [-0.4, -0.2) is 46.8 Å². The van der Waals surface area contributed by atoms with Crippen LogP contribution in [0.15, 0.2) is 12.3 Å². The van der Waals surface area contributed by atoms with Gasteiger partial charge in [-0.15, -0.1) is 5.10 Å². The van der Waals surface area contributed by atoms with Gasteiger partial charge in [-0.1, -0.05) is 5.21 Å². The number of halogens is 1. The van der Waals surface area contributed by atoms with E-state index in [1.165, 1.54) is 6.20 Å². The number of hydrogen-bond donors (Lipinski definition) is 0. The van der Waals surface area contributed by atoms with Crippen molar-refractivity contribution in [1.29, 1.82) is 0 Å². The molecule has 3 rings (SSSR count). The first-order valence-electron chi connectivity index (χ1n) is 7.66. The molecular formula is C15H20FN5O2. The maximum absolute atomic E-state index is 14.1. The highest BCUT2D eigenvalue weighted by Gasteiger charge is 2.24. The Morgan fingerprint density at radius 2 is 2.26 bits per heavy atom. The van der Waals surface area contributed by atoms with Crippen molar-refractivity contribution in [2.45, 2.75) is 26.4 Å². The van der Waals surface area contributed by atoms with Gasteiger partial charge in [-0.3, -0.25) is 0 Å². The predicted molar refractivity (Wildman–Crippen MR) is 82.0 cm³/mol. The molecule has 1 aliphatic rings. The monoisotopic (exact) mass is 321 g/mol. The van der Waals surface area contributed by atoms with Gasteiger partial charge in [0.2, 0.25) is 5.88 Å². The maximum atomic E-state index is 14.1. The van der Waals surface area contributed by atoms with Gasteiger partial charge in [0, 0.05) is 26.1 Å². The topological polar surface area (TPSA) is 65.3 Å². The molecule has 2 aromatic heterocycles. The summed E-state index contributed by atoms with van der Waals surface area (Å²) in [6.45, 7) is 4.86. The molecular weight excluding hydrogens is 301 g/mol. The third-order valence-corrected chi connectivity index (χ3v) is 3.83. The van der Waals surface area contributed by atoms with Crippen molar-refractivity contribution in [2.75, 3.05) is 31.8 Å². The molecule has 3 heterocycles. The van der Waals surface area contributed by atoms with Crippen LogP contribution < -0.4 is 9.64 Å². The molecule has 0 N–H and O–H groups in total. The Bertz CT molecular complexity index is 676. The molecule has 0 radical (unpaired) electrons. The van der Waals surface area contributed by atoms with Crippen LogP contribution in [0.1, 0.15) is 18.3 Å². The summed E-state index contributed by atoms with van der Waals surface area (Å²) in [5.74, 6) is 0.0714. The summed E-state index contributed by atoms with van der Waals surface area (Å²) in [5.41, 5.74) is 2.46. The van der Waals surface area contributed by atoms with E-state index >= 15 is 0 Å². The summed E-state index contributed by atoms with van der Waals surface area (Å²) in [4.78, 5) is 5.88. The van der Waals surface area contributed by atoms with Crippen molar-refractivity contribution < 1.29 is 13.9 Å². The summed E-state index contributed by atoms with van der Waals surface area (Å²) in [6.07, 6.45) is 1.96. The molecule has 2 aromatic rings. The van der Waals surface area contributed by atoms with Crippen LogP contribution in [0.2, 0.25) is 0 Å². The Balaban J connectivity index is 1.79. The summed E-state index contributed by atoms with van der Waals surface area (Å²) in [7, 11) is 1.66. The van der Waals surface area contributed by atoms with Gasteiger partial charge < -0.3 is 14.4 Å². The van der Waals surface area contributed by atoms with Crippen molar-refractivity contribution in [3.63, 3.8) is 0 Å². The van der Waals surface area contributed by atoms with Crippen LogP contribution in [0, 0.1) is 5.82 Å². The fourth-order valence-corrected chi connectivity index (χ4v) is 2.71. The van der Waals surface area contributed by atoms with Crippen molar-refractivity contribution in [2.24, 2.45) is 0 Å². The molecule has 124 valence electrons. The number of ether oxygens (including phenoxy) is 2. The zero-order valence-electron chi connectivity index (χ0n) is 13.3. The molecule has 0 saturated carbocycles. The van der Waals surface area contributed by atoms with E-state index in [0.29, 0.717) is 44.4 Å². The Morgan fingerprint density at radius 3 is 3.04 bits per heavy atom. The van der Waals surface area contributed by atoms with Crippen LogP contribution in [0.5, 0.6) is 5.88 Å². The lowest BCUT2D eigenvalue weighted by molar-refractivity contribution is 0.181. The van der Waals surface area contributed by atoms with Gasteiger partial charge in [0.25, 0.3) is 0 Å². The smallest absolute Gasteiger partial charge is 0.215 e. The Morgan fingerprint density at radius 1 is 1.39 bits per heavy atom. The van der Waals surface area contributed by atoms with Crippen molar-refractivity contribution in [1.82, 2.24) is 20.0 Å². The van der Waals surface area contributed by atoms with Crippen molar-refractivity contribution in [3.8, 4) is 5.88 Å². The molecule has 0 spiro atoms. The molecule has 8 heteroatoms. The summed E-state index contributed by atoms with van der Waals surface area (Å²) in [5, 5.41) is 8.38. The lowest BCUT2D eigenvalue weighted by Gasteiger charge is -2.28. The number of aromatic nitrogens is 4. The summed E-state index contributed by atoms with van der Waals surface area (Å²) >= 11 is 0. The van der Waals surface area contributed by atoms with Crippen LogP contribution in [-0.2, 0) is 24.2 Å². The minimum Gasteiger partial charge on any atom is -0.478 e. The number of anilines is 1. The van der Waals surface area contributed by atoms with Gasteiger partial charge >= 0.3 is 0 Å². The molecule has 1 aliphatic heterocycles. The molecule has 0 bridgehead atoms. The highest BCUT2D eigenvalue weighted by atomic mass is 19.1. The Hall–Kier alpha value is -2.22. The zero-order valence-corrected chi connectivity index (χ0v) is 13.3. The lowest BCUT2D eigenvalue weighted by Crippen LogP contribution is -2.32. The summed E-state index contributed by atoms with van der Waals surface area (Å²) < 4.78 is 26.4. The molecule has 23 heavy (non-hydrogen) atoms. The van der Waals surface area contributed by atoms with E-state index in [4.69, 9.17) is 9.47 Å². The zero-order chi connectivity index (χ0) is 16.2. The molecule has 0 unspecified atom stereocenters. The van der Waals surface area contributed by atoms with Gasteiger partial charge in [0.1, 0.15) is 5.69 Å². The second-order valence-corrected chi connectivity index (χ2v) is 5.28. The van der Waals surface area contributed by atoms with Gasteiger partial charge in [-0.2, -0.15) is 0 Å². The van der Waals surface area contributed by atoms with E-state index < -0.39 is 0 Å². The molecule has 0 fully saturated rings. The predicted octanol–water partition coefficient (Wildman–Crippen LogP) is 1.42. The first-order chi connectivity index (χ1) is 11.2. The standard InChI is InChI=1S/C15H20FN5O2/c1-3-23-15-8-14(11(16)9-17-15)20-5-4-13-12(10-20)18-19-21(13)6-7-22-2/h8-9H,3-7,10H2,1-2H3. The molecule has 0 aromatic carbocycles. The van der Waals surface area contributed by atoms with Gasteiger partial charge in [-0.25, -0.2) is 14.1 Å². The third-order valence-electron chi connectivity index (χ3n) is 3.83. The quantitative estimate of drug-likeness (QED) is 0.802. The number of pyridine rings is 1. The third kappa shape index (κ3) is 3.26. The molecule has 7 nitrogen and oxygen atoms in total. The van der Waals surface area contributed by atoms with Gasteiger partial charge in [0.05, 0.1) is 43.9 Å². The van der Waals surface area contributed by atoms with E-state index in [1.807, 2.05) is 16.5 Å². The van der Waals surface area contributed by atoms with Crippen LogP contribution in [0.3, 0.4) is 0 Å². The highest BCUT2D eigenvalue weighted by molar-refractivity contribution is 5.51. The second kappa shape index (κ2) is 6.91. The number of hydrogen-bond acceptors (Lipinski definition) is 6. The fraction of sp³-hybridized carbons (Fsp3) is 0.533. The van der Waals surface area contributed by atoms with E-state index in [9.17, 15) is 4.39 Å². The molecule has 0 saturated heterocycles. The van der Waals surface area contributed by atoms with E-state index in [2.05, 4.69) is 15.3 Å². The van der Waals surface area contributed by atoms with E-state index in [0.717, 1.165) is 17.8 Å². The molecule has 0 aliphatic carbocycles. The first kappa shape index (κ1) is 15.7. The number of fused-ring (bicyclic) bond motifs is 1. The average Bonchev–Trinajstić information content (AvgIpc) is 2.97. The van der Waals surface area contributed by atoms with Crippen molar-refractivity contribution in [3.05, 3.63) is 29.5 Å². The highest BCUT2D eigenvalue weighted by Crippen LogP contribution is 2.27. The lowest BCUT2D eigenvalue weighted by atomic mass is 10.1. The fourth-order valence-electron chi connectivity index (χ4n) is 2.71. The Labute approximate surface area is 134 Å². The minimum absolute atomic E-state index is 0.358. The second-order valence-electron chi connectivity index (χ2n) is 5.28. The number of nitrogens with zero attached hydrogens (tertiary/aromatic N) is 5. The van der Waals surface area contributed by atoms with E-state index in [-0.39, 0.29) is 5.82 Å².